The lowest BCUT2D eigenvalue weighted by Gasteiger charge is -2.14. The van der Waals surface area contributed by atoms with Crippen LogP contribution in [0.25, 0.3) is 0 Å². The van der Waals surface area contributed by atoms with Crippen molar-refractivity contribution in [2.75, 3.05) is 6.54 Å². The second-order valence-electron chi connectivity index (χ2n) is 5.70. The molecule has 0 heterocycles. The molecule has 0 saturated heterocycles. The van der Waals surface area contributed by atoms with Gasteiger partial charge < -0.3 is 10.4 Å². The highest BCUT2D eigenvalue weighted by atomic mass is 35.5. The predicted octanol–water partition coefficient (Wildman–Crippen LogP) is 3.43. The summed E-state index contributed by atoms with van der Waals surface area (Å²) in [5, 5.41) is 12.8. The maximum Gasteiger partial charge on any atom is 0.251 e. The monoisotopic (exact) mass is 333 g/mol. The number of hydrogen-bond acceptors (Lipinski definition) is 2. The molecule has 1 unspecified atom stereocenters. The number of benzene rings is 2. The van der Waals surface area contributed by atoms with Crippen LogP contribution >= 0.6 is 11.6 Å². The summed E-state index contributed by atoms with van der Waals surface area (Å²) in [5.41, 5.74) is 3.36. The average Bonchev–Trinajstić information content (AvgIpc) is 3.03. The first-order valence-corrected chi connectivity index (χ1v) is 7.96. The molecule has 23 heavy (non-hydrogen) atoms. The van der Waals surface area contributed by atoms with Gasteiger partial charge in [-0.05, 0) is 54.2 Å². The molecule has 0 aliphatic heterocycles. The van der Waals surface area contributed by atoms with Gasteiger partial charge in [-0.3, -0.25) is 4.79 Å². The molecule has 1 amide bonds. The molecule has 1 atom stereocenters. The van der Waals surface area contributed by atoms with E-state index in [-0.39, 0.29) is 17.5 Å². The zero-order valence-corrected chi connectivity index (χ0v) is 13.2. The van der Waals surface area contributed by atoms with E-state index in [1.165, 1.54) is 17.7 Å². The van der Waals surface area contributed by atoms with Crippen LogP contribution < -0.4 is 5.32 Å². The lowest BCUT2D eigenvalue weighted by molar-refractivity contribution is 0.0915. The molecule has 2 aromatic carbocycles. The van der Waals surface area contributed by atoms with Gasteiger partial charge in [0.05, 0.1) is 11.1 Å². The number of amides is 1. The van der Waals surface area contributed by atoms with E-state index in [9.17, 15) is 14.3 Å². The number of aliphatic hydroxyl groups excluding tert-OH is 1. The highest BCUT2D eigenvalue weighted by Gasteiger charge is 2.19. The van der Waals surface area contributed by atoms with Crippen molar-refractivity contribution in [1.82, 2.24) is 5.32 Å². The van der Waals surface area contributed by atoms with Crippen LogP contribution in [-0.2, 0) is 12.8 Å². The first-order valence-electron chi connectivity index (χ1n) is 7.58. The Morgan fingerprint density at radius 1 is 1.30 bits per heavy atom. The maximum absolute atomic E-state index is 13.4. The normalized spacial score (nSPS) is 14.4. The average molecular weight is 334 g/mol. The van der Waals surface area contributed by atoms with Gasteiger partial charge >= 0.3 is 0 Å². The minimum Gasteiger partial charge on any atom is -0.387 e. The van der Waals surface area contributed by atoms with E-state index in [2.05, 4.69) is 5.32 Å². The zero-order valence-electron chi connectivity index (χ0n) is 12.5. The highest BCUT2D eigenvalue weighted by Crippen LogP contribution is 2.25. The third-order valence-corrected chi connectivity index (χ3v) is 4.48. The van der Waals surface area contributed by atoms with Crippen molar-refractivity contribution >= 4 is 17.5 Å². The summed E-state index contributed by atoms with van der Waals surface area (Å²) in [6.07, 6.45) is 1.99. The van der Waals surface area contributed by atoms with Crippen LogP contribution in [0.3, 0.4) is 0 Å². The Bertz CT molecular complexity index is 748. The fourth-order valence-corrected chi connectivity index (χ4v) is 3.07. The highest BCUT2D eigenvalue weighted by molar-refractivity contribution is 6.30. The largest absolute Gasteiger partial charge is 0.387 e. The molecule has 3 nitrogen and oxygen atoms in total. The molecule has 0 saturated carbocycles. The van der Waals surface area contributed by atoms with Crippen LogP contribution in [0.1, 0.15) is 39.6 Å². The van der Waals surface area contributed by atoms with Gasteiger partial charge in [-0.15, -0.1) is 0 Å². The van der Waals surface area contributed by atoms with E-state index < -0.39 is 11.9 Å². The van der Waals surface area contributed by atoms with Crippen molar-refractivity contribution in [1.29, 1.82) is 0 Å². The lowest BCUT2D eigenvalue weighted by Crippen LogP contribution is -2.29. The number of carbonyl (C=O) groups excluding carboxylic acids is 1. The van der Waals surface area contributed by atoms with Gasteiger partial charge in [0.25, 0.3) is 5.91 Å². The molecule has 2 aromatic rings. The first-order chi connectivity index (χ1) is 11.1. The molecule has 0 aromatic heterocycles. The molecule has 2 N–H and O–H groups in total. The van der Waals surface area contributed by atoms with Crippen LogP contribution in [0.2, 0.25) is 5.02 Å². The molecule has 1 aliphatic rings. The van der Waals surface area contributed by atoms with E-state index in [0.29, 0.717) is 11.1 Å². The molecule has 0 fully saturated rings. The Hall–Kier alpha value is -1.91. The third kappa shape index (κ3) is 3.38. The van der Waals surface area contributed by atoms with Crippen molar-refractivity contribution in [3.05, 3.63) is 69.5 Å². The minimum atomic E-state index is -0.984. The molecule has 3 rings (SSSR count). The van der Waals surface area contributed by atoms with Gasteiger partial charge in [0.15, 0.2) is 0 Å². The number of nitrogens with one attached hydrogen (secondary N) is 1. The molecule has 0 spiro atoms. The standard InChI is InChI=1S/C18H17ClFNO2/c19-15-8-7-12(9-16(15)20)17(22)10-21-18(23)14-6-2-4-11-3-1-5-13(11)14/h2,4,6-9,17,22H,1,3,5,10H2,(H,21,23). The SMILES string of the molecule is O=C(NCC(O)c1ccc(Cl)c(F)c1)c1cccc2c1CCC2. The summed E-state index contributed by atoms with van der Waals surface area (Å²) in [6, 6.07) is 9.84. The van der Waals surface area contributed by atoms with Gasteiger partial charge in [-0.25, -0.2) is 4.39 Å². The van der Waals surface area contributed by atoms with Gasteiger partial charge in [0.2, 0.25) is 0 Å². The van der Waals surface area contributed by atoms with Crippen molar-refractivity contribution in [2.24, 2.45) is 0 Å². The predicted molar refractivity (Wildman–Crippen MR) is 87.2 cm³/mol. The van der Waals surface area contributed by atoms with Crippen LogP contribution in [0.4, 0.5) is 4.39 Å². The maximum atomic E-state index is 13.4. The number of hydrogen-bond donors (Lipinski definition) is 2. The smallest absolute Gasteiger partial charge is 0.251 e. The summed E-state index contributed by atoms with van der Waals surface area (Å²) in [6.45, 7) is 0.0174. The van der Waals surface area contributed by atoms with E-state index in [4.69, 9.17) is 11.6 Å². The van der Waals surface area contributed by atoms with Gasteiger partial charge in [0, 0.05) is 12.1 Å². The van der Waals surface area contributed by atoms with E-state index in [1.54, 1.807) is 12.1 Å². The molecule has 5 heteroatoms. The minimum absolute atomic E-state index is 0.00448. The van der Waals surface area contributed by atoms with Crippen LogP contribution in [0.15, 0.2) is 36.4 Å². The summed E-state index contributed by atoms with van der Waals surface area (Å²) in [7, 11) is 0. The van der Waals surface area contributed by atoms with E-state index in [1.807, 2.05) is 12.1 Å². The van der Waals surface area contributed by atoms with Crippen molar-refractivity contribution in [2.45, 2.75) is 25.4 Å². The topological polar surface area (TPSA) is 49.3 Å². The third-order valence-electron chi connectivity index (χ3n) is 4.17. The number of halogens is 2. The summed E-state index contributed by atoms with van der Waals surface area (Å²) >= 11 is 5.62. The summed E-state index contributed by atoms with van der Waals surface area (Å²) in [4.78, 5) is 12.3. The first kappa shape index (κ1) is 16.0. The van der Waals surface area contributed by atoms with Crippen molar-refractivity contribution in [3.8, 4) is 0 Å². The number of fused-ring (bicyclic) bond motifs is 1. The Kier molecular flexibility index (Phi) is 4.64. The quantitative estimate of drug-likeness (QED) is 0.900. The van der Waals surface area contributed by atoms with Gasteiger partial charge in [-0.1, -0.05) is 29.8 Å². The number of rotatable bonds is 4. The van der Waals surface area contributed by atoms with Gasteiger partial charge in [0.1, 0.15) is 5.82 Å². The van der Waals surface area contributed by atoms with Crippen molar-refractivity contribution < 1.29 is 14.3 Å². The Labute approximate surface area is 139 Å². The fraction of sp³-hybridized carbons (Fsp3) is 0.278. The molecule has 1 aliphatic carbocycles. The Morgan fingerprint density at radius 3 is 2.91 bits per heavy atom. The van der Waals surface area contributed by atoms with E-state index >= 15 is 0 Å². The fourth-order valence-electron chi connectivity index (χ4n) is 2.95. The molecular weight excluding hydrogens is 317 g/mol. The van der Waals surface area contributed by atoms with Gasteiger partial charge in [-0.2, -0.15) is 0 Å². The molecular formula is C18H17ClFNO2. The van der Waals surface area contributed by atoms with E-state index in [0.717, 1.165) is 24.8 Å². The second-order valence-corrected chi connectivity index (χ2v) is 6.10. The number of aliphatic hydroxyl groups is 1. The second kappa shape index (κ2) is 6.69. The molecule has 0 radical (unpaired) electrons. The van der Waals surface area contributed by atoms with Crippen LogP contribution in [0.5, 0.6) is 0 Å². The lowest BCUT2D eigenvalue weighted by atomic mass is 10.0. The zero-order chi connectivity index (χ0) is 16.4. The summed E-state index contributed by atoms with van der Waals surface area (Å²) < 4.78 is 13.4. The molecule has 120 valence electrons. The Morgan fingerprint density at radius 2 is 2.13 bits per heavy atom. The summed E-state index contributed by atoms with van der Waals surface area (Å²) in [5.74, 6) is -0.798. The Balaban J connectivity index is 1.67. The van der Waals surface area contributed by atoms with Crippen molar-refractivity contribution in [3.63, 3.8) is 0 Å². The number of carbonyl (C=O) groups is 1. The molecule has 0 bridgehead atoms. The van der Waals surface area contributed by atoms with Crippen LogP contribution in [0, 0.1) is 5.82 Å². The van der Waals surface area contributed by atoms with Crippen LogP contribution in [-0.4, -0.2) is 17.6 Å². The number of aryl methyl sites for hydroxylation is 1.